The summed E-state index contributed by atoms with van der Waals surface area (Å²) >= 11 is 0. The van der Waals surface area contributed by atoms with E-state index in [2.05, 4.69) is 55.5 Å². The van der Waals surface area contributed by atoms with Crippen molar-refractivity contribution in [1.29, 1.82) is 0 Å². The van der Waals surface area contributed by atoms with Crippen LogP contribution in [0.4, 0.5) is 0 Å². The van der Waals surface area contributed by atoms with Crippen LogP contribution in [-0.2, 0) is 18.4 Å². The third-order valence-electron chi connectivity index (χ3n) is 4.42. The summed E-state index contributed by atoms with van der Waals surface area (Å²) in [5, 5.41) is 3.33. The number of carbonyl (C=O) groups excluding carboxylic acids is 1. The van der Waals surface area contributed by atoms with Gasteiger partial charge in [0.1, 0.15) is 0 Å². The van der Waals surface area contributed by atoms with Crippen molar-refractivity contribution in [2.75, 3.05) is 19.6 Å². The minimum Gasteiger partial charge on any atom is -0.356 e. The second kappa shape index (κ2) is 8.91. The normalized spacial score (nSPS) is 17.7. The standard InChI is InChI=1S/C18H31N5O.HI/c1-7-19-17(20-11-15-9-8-10-21(15)6)22-12-16(24)23(14(2)3)18(4,5)13-22;/h8-10,14H,7,11-13H2,1-6H3,(H,19,20);1H. The number of piperazine rings is 1. The van der Waals surface area contributed by atoms with Gasteiger partial charge in [-0.1, -0.05) is 0 Å². The number of aryl methyl sites for hydroxylation is 1. The smallest absolute Gasteiger partial charge is 0.242 e. The largest absolute Gasteiger partial charge is 0.356 e. The molecule has 0 atom stereocenters. The maximum atomic E-state index is 12.7. The number of aromatic nitrogens is 1. The summed E-state index contributed by atoms with van der Waals surface area (Å²) in [6.07, 6.45) is 2.02. The molecule has 0 unspecified atom stereocenters. The van der Waals surface area contributed by atoms with E-state index in [-0.39, 0.29) is 41.5 Å². The number of amides is 1. The van der Waals surface area contributed by atoms with Gasteiger partial charge in [-0.3, -0.25) is 4.79 Å². The molecule has 1 aromatic heterocycles. The first-order chi connectivity index (χ1) is 11.3. The first kappa shape index (κ1) is 21.8. The molecule has 1 aromatic rings. The molecule has 1 fully saturated rings. The molecule has 1 aliphatic heterocycles. The van der Waals surface area contributed by atoms with Gasteiger partial charge in [0, 0.05) is 38.1 Å². The number of nitrogens with zero attached hydrogens (tertiary/aromatic N) is 4. The highest BCUT2D eigenvalue weighted by Gasteiger charge is 2.40. The summed E-state index contributed by atoms with van der Waals surface area (Å²) in [6, 6.07) is 4.29. The molecule has 1 aliphatic rings. The van der Waals surface area contributed by atoms with Gasteiger partial charge in [-0.05, 0) is 46.8 Å². The molecule has 0 saturated carbocycles. The molecule has 0 radical (unpaired) electrons. The highest BCUT2D eigenvalue weighted by molar-refractivity contribution is 14.0. The van der Waals surface area contributed by atoms with Crippen molar-refractivity contribution in [2.24, 2.45) is 12.0 Å². The predicted octanol–water partition coefficient (Wildman–Crippen LogP) is 2.44. The topological polar surface area (TPSA) is 52.9 Å². The van der Waals surface area contributed by atoms with E-state index in [4.69, 9.17) is 4.99 Å². The van der Waals surface area contributed by atoms with Gasteiger partial charge in [-0.25, -0.2) is 4.99 Å². The molecule has 0 aromatic carbocycles. The van der Waals surface area contributed by atoms with Crippen molar-refractivity contribution in [3.8, 4) is 0 Å². The Hall–Kier alpha value is -1.25. The molecule has 1 N–H and O–H groups in total. The predicted molar refractivity (Wildman–Crippen MR) is 113 cm³/mol. The molecule has 2 rings (SSSR count). The SMILES string of the molecule is CCNC(=NCc1cccn1C)N1CC(=O)N(C(C)C)C(C)(C)C1.I. The summed E-state index contributed by atoms with van der Waals surface area (Å²) < 4.78 is 2.07. The van der Waals surface area contributed by atoms with E-state index in [1.165, 1.54) is 0 Å². The van der Waals surface area contributed by atoms with Crippen LogP contribution in [0.25, 0.3) is 0 Å². The van der Waals surface area contributed by atoms with Crippen molar-refractivity contribution >= 4 is 35.8 Å². The zero-order valence-corrected chi connectivity index (χ0v) is 18.6. The zero-order chi connectivity index (χ0) is 17.9. The summed E-state index contributed by atoms with van der Waals surface area (Å²) in [7, 11) is 2.02. The molecular formula is C18H32IN5O. The van der Waals surface area contributed by atoms with E-state index in [0.29, 0.717) is 13.1 Å². The van der Waals surface area contributed by atoms with E-state index < -0.39 is 0 Å². The summed E-state index contributed by atoms with van der Waals surface area (Å²) in [6.45, 7) is 13.0. The Morgan fingerprint density at radius 2 is 2.08 bits per heavy atom. The first-order valence-electron chi connectivity index (χ1n) is 8.72. The van der Waals surface area contributed by atoms with Gasteiger partial charge in [0.25, 0.3) is 0 Å². The van der Waals surface area contributed by atoms with Gasteiger partial charge < -0.3 is 19.7 Å². The Morgan fingerprint density at radius 1 is 1.40 bits per heavy atom. The third kappa shape index (κ3) is 5.12. The summed E-state index contributed by atoms with van der Waals surface area (Å²) in [5.74, 6) is 0.967. The van der Waals surface area contributed by atoms with Crippen molar-refractivity contribution in [1.82, 2.24) is 19.7 Å². The van der Waals surface area contributed by atoms with Crippen molar-refractivity contribution in [2.45, 2.75) is 52.7 Å². The van der Waals surface area contributed by atoms with Gasteiger partial charge in [-0.2, -0.15) is 0 Å². The Morgan fingerprint density at radius 3 is 2.56 bits per heavy atom. The van der Waals surface area contributed by atoms with Crippen LogP contribution in [0, 0.1) is 0 Å². The lowest BCUT2D eigenvalue weighted by Gasteiger charge is -2.49. The van der Waals surface area contributed by atoms with E-state index in [1.54, 1.807) is 0 Å². The van der Waals surface area contributed by atoms with Crippen LogP contribution in [-0.4, -0.2) is 57.4 Å². The van der Waals surface area contributed by atoms with E-state index in [0.717, 1.165) is 24.7 Å². The van der Waals surface area contributed by atoms with Gasteiger partial charge in [0.2, 0.25) is 5.91 Å². The molecule has 1 saturated heterocycles. The molecule has 6 nitrogen and oxygen atoms in total. The highest BCUT2D eigenvalue weighted by atomic mass is 127. The maximum Gasteiger partial charge on any atom is 0.242 e. The quantitative estimate of drug-likeness (QED) is 0.426. The minimum absolute atomic E-state index is 0. The monoisotopic (exact) mass is 461 g/mol. The Balaban J connectivity index is 0.00000312. The second-order valence-corrected chi connectivity index (χ2v) is 7.31. The lowest BCUT2D eigenvalue weighted by atomic mass is 9.96. The number of nitrogens with one attached hydrogen (secondary N) is 1. The average Bonchev–Trinajstić information content (AvgIpc) is 2.86. The number of hydrogen-bond acceptors (Lipinski definition) is 2. The molecule has 0 spiro atoms. The molecule has 1 amide bonds. The van der Waals surface area contributed by atoms with Crippen LogP contribution in [0.3, 0.4) is 0 Å². The molecule has 0 bridgehead atoms. The number of aliphatic imine (C=N–C) groups is 1. The van der Waals surface area contributed by atoms with Crippen molar-refractivity contribution < 1.29 is 4.79 Å². The van der Waals surface area contributed by atoms with Crippen LogP contribution in [0.1, 0.15) is 40.3 Å². The molecule has 142 valence electrons. The number of rotatable bonds is 4. The van der Waals surface area contributed by atoms with Gasteiger partial charge in [0.15, 0.2) is 5.96 Å². The van der Waals surface area contributed by atoms with Crippen LogP contribution < -0.4 is 5.32 Å². The number of hydrogen-bond donors (Lipinski definition) is 1. The molecular weight excluding hydrogens is 429 g/mol. The van der Waals surface area contributed by atoms with Gasteiger partial charge >= 0.3 is 0 Å². The first-order valence-corrected chi connectivity index (χ1v) is 8.72. The fourth-order valence-electron chi connectivity index (χ4n) is 3.56. The molecule has 7 heteroatoms. The van der Waals surface area contributed by atoms with Crippen molar-refractivity contribution in [3.05, 3.63) is 24.0 Å². The van der Waals surface area contributed by atoms with E-state index in [9.17, 15) is 4.79 Å². The molecule has 25 heavy (non-hydrogen) atoms. The van der Waals surface area contributed by atoms with Crippen molar-refractivity contribution in [3.63, 3.8) is 0 Å². The van der Waals surface area contributed by atoms with Gasteiger partial charge in [-0.15, -0.1) is 24.0 Å². The van der Waals surface area contributed by atoms with Gasteiger partial charge in [0.05, 0.1) is 18.6 Å². The molecule has 2 heterocycles. The Bertz CT molecular complexity index is 608. The summed E-state index contributed by atoms with van der Waals surface area (Å²) in [4.78, 5) is 21.5. The van der Waals surface area contributed by atoms with E-state index >= 15 is 0 Å². The molecule has 0 aliphatic carbocycles. The fraction of sp³-hybridized carbons (Fsp3) is 0.667. The lowest BCUT2D eigenvalue weighted by Crippen LogP contribution is -2.66. The zero-order valence-electron chi connectivity index (χ0n) is 16.2. The van der Waals surface area contributed by atoms with Crippen LogP contribution in [0.5, 0.6) is 0 Å². The number of carbonyl (C=O) groups is 1. The third-order valence-corrected chi connectivity index (χ3v) is 4.42. The van der Waals surface area contributed by atoms with Crippen LogP contribution in [0.15, 0.2) is 23.3 Å². The Kier molecular flexibility index (Phi) is 7.77. The Labute approximate surface area is 168 Å². The maximum absolute atomic E-state index is 12.7. The second-order valence-electron chi connectivity index (χ2n) is 7.31. The number of guanidine groups is 1. The average molecular weight is 461 g/mol. The van der Waals surface area contributed by atoms with E-state index in [1.807, 2.05) is 24.2 Å². The summed E-state index contributed by atoms with van der Waals surface area (Å²) in [5.41, 5.74) is 0.932. The lowest BCUT2D eigenvalue weighted by molar-refractivity contribution is -0.145. The number of halogens is 1. The van der Waals surface area contributed by atoms with Crippen LogP contribution >= 0.6 is 24.0 Å². The highest BCUT2D eigenvalue weighted by Crippen LogP contribution is 2.24. The minimum atomic E-state index is -0.218. The van der Waals surface area contributed by atoms with Crippen LogP contribution in [0.2, 0.25) is 0 Å². The fourth-order valence-corrected chi connectivity index (χ4v) is 3.56.